The maximum absolute atomic E-state index is 13.3. The molecule has 0 spiro atoms. The topological polar surface area (TPSA) is 46.3 Å². The zero-order chi connectivity index (χ0) is 17.6. The van der Waals surface area contributed by atoms with Crippen molar-refractivity contribution in [3.05, 3.63) is 35.9 Å². The van der Waals surface area contributed by atoms with E-state index in [1.165, 1.54) is 24.1 Å². The minimum atomic E-state index is -4.45. The van der Waals surface area contributed by atoms with Gasteiger partial charge in [-0.05, 0) is 17.9 Å². The van der Waals surface area contributed by atoms with Crippen LogP contribution in [-0.4, -0.2) is 36.6 Å². The standard InChI is InChI=1S/C17H25F3N2O/c1-12(2)15(21)9-10-22(3)16(23)11-14(17(18,19)20)13-7-5-4-6-8-13/h4-8,12,14-15H,9-11,21H2,1-3H3. The Morgan fingerprint density at radius 2 is 1.78 bits per heavy atom. The Kier molecular flexibility index (Phi) is 7.06. The highest BCUT2D eigenvalue weighted by Gasteiger charge is 2.42. The molecule has 0 aliphatic heterocycles. The van der Waals surface area contributed by atoms with E-state index in [0.29, 0.717) is 13.0 Å². The van der Waals surface area contributed by atoms with Crippen LogP contribution in [-0.2, 0) is 4.79 Å². The third kappa shape index (κ3) is 6.22. The molecule has 2 unspecified atom stereocenters. The summed E-state index contributed by atoms with van der Waals surface area (Å²) in [5, 5.41) is 0. The van der Waals surface area contributed by atoms with Crippen molar-refractivity contribution in [2.75, 3.05) is 13.6 Å². The summed E-state index contributed by atoms with van der Waals surface area (Å²) >= 11 is 0. The molecular formula is C17H25F3N2O. The van der Waals surface area contributed by atoms with E-state index in [0.717, 1.165) is 0 Å². The van der Waals surface area contributed by atoms with Crippen LogP contribution in [0.15, 0.2) is 30.3 Å². The summed E-state index contributed by atoms with van der Waals surface area (Å²) in [6, 6.07) is 7.48. The second-order valence-corrected chi connectivity index (χ2v) is 6.22. The molecule has 0 aliphatic rings. The lowest BCUT2D eigenvalue weighted by atomic mass is 9.94. The summed E-state index contributed by atoms with van der Waals surface area (Å²) in [4.78, 5) is 13.5. The van der Waals surface area contributed by atoms with Gasteiger partial charge in [-0.15, -0.1) is 0 Å². The molecule has 3 nitrogen and oxygen atoms in total. The molecule has 0 aromatic heterocycles. The Bertz CT molecular complexity index is 488. The fourth-order valence-corrected chi connectivity index (χ4v) is 2.24. The largest absolute Gasteiger partial charge is 0.396 e. The number of carbonyl (C=O) groups excluding carboxylic acids is 1. The molecular weight excluding hydrogens is 305 g/mol. The third-order valence-corrected chi connectivity index (χ3v) is 4.06. The van der Waals surface area contributed by atoms with Crippen LogP contribution in [0.1, 0.15) is 38.2 Å². The number of hydrogen-bond donors (Lipinski definition) is 1. The number of amides is 1. The maximum atomic E-state index is 13.3. The van der Waals surface area contributed by atoms with Gasteiger partial charge in [0, 0.05) is 26.1 Å². The van der Waals surface area contributed by atoms with E-state index >= 15 is 0 Å². The Labute approximate surface area is 135 Å². The lowest BCUT2D eigenvalue weighted by Gasteiger charge is -2.25. The summed E-state index contributed by atoms with van der Waals surface area (Å²) in [5.74, 6) is -2.03. The first-order chi connectivity index (χ1) is 10.6. The summed E-state index contributed by atoms with van der Waals surface area (Å²) in [6.45, 7) is 4.31. The molecule has 0 bridgehead atoms. The molecule has 23 heavy (non-hydrogen) atoms. The van der Waals surface area contributed by atoms with Gasteiger partial charge in [0.05, 0.1) is 5.92 Å². The van der Waals surface area contributed by atoms with Gasteiger partial charge >= 0.3 is 6.18 Å². The van der Waals surface area contributed by atoms with Crippen molar-refractivity contribution in [2.24, 2.45) is 11.7 Å². The number of alkyl halides is 3. The van der Waals surface area contributed by atoms with Crippen LogP contribution >= 0.6 is 0 Å². The first kappa shape index (κ1) is 19.5. The number of rotatable bonds is 7. The number of carbonyl (C=O) groups is 1. The van der Waals surface area contributed by atoms with Crippen LogP contribution in [0, 0.1) is 5.92 Å². The summed E-state index contributed by atoms with van der Waals surface area (Å²) in [6.07, 6.45) is -4.46. The quantitative estimate of drug-likeness (QED) is 0.831. The van der Waals surface area contributed by atoms with Crippen molar-refractivity contribution in [3.8, 4) is 0 Å². The second kappa shape index (κ2) is 8.34. The number of benzene rings is 1. The van der Waals surface area contributed by atoms with Crippen molar-refractivity contribution in [1.82, 2.24) is 4.90 Å². The minimum absolute atomic E-state index is 0.0715. The maximum Gasteiger partial charge on any atom is 0.396 e. The molecule has 6 heteroatoms. The summed E-state index contributed by atoms with van der Waals surface area (Å²) in [5.41, 5.74) is 6.02. The van der Waals surface area contributed by atoms with Crippen LogP contribution in [0.25, 0.3) is 0 Å². The molecule has 130 valence electrons. The van der Waals surface area contributed by atoms with Gasteiger partial charge in [-0.3, -0.25) is 4.79 Å². The number of hydrogen-bond acceptors (Lipinski definition) is 2. The van der Waals surface area contributed by atoms with Crippen LogP contribution < -0.4 is 5.73 Å². The van der Waals surface area contributed by atoms with Crippen LogP contribution in [0.5, 0.6) is 0 Å². The predicted octanol–water partition coefficient (Wildman–Crippen LogP) is 3.55. The van der Waals surface area contributed by atoms with Crippen LogP contribution in [0.2, 0.25) is 0 Å². The molecule has 1 amide bonds. The van der Waals surface area contributed by atoms with E-state index in [-0.39, 0.29) is 17.5 Å². The van der Waals surface area contributed by atoms with Crippen molar-refractivity contribution < 1.29 is 18.0 Å². The Hall–Kier alpha value is -1.56. The molecule has 2 atom stereocenters. The van der Waals surface area contributed by atoms with Gasteiger partial charge in [0.25, 0.3) is 0 Å². The van der Waals surface area contributed by atoms with E-state index in [4.69, 9.17) is 5.73 Å². The lowest BCUT2D eigenvalue weighted by Crippen LogP contribution is -2.36. The fraction of sp³-hybridized carbons (Fsp3) is 0.588. The predicted molar refractivity (Wildman–Crippen MR) is 84.9 cm³/mol. The molecule has 0 saturated carbocycles. The van der Waals surface area contributed by atoms with Crippen molar-refractivity contribution in [3.63, 3.8) is 0 Å². The van der Waals surface area contributed by atoms with E-state index < -0.39 is 24.4 Å². The lowest BCUT2D eigenvalue weighted by molar-refractivity contribution is -0.160. The zero-order valence-electron chi connectivity index (χ0n) is 13.8. The Balaban J connectivity index is 2.71. The Morgan fingerprint density at radius 1 is 1.22 bits per heavy atom. The van der Waals surface area contributed by atoms with Crippen molar-refractivity contribution >= 4 is 5.91 Å². The SMILES string of the molecule is CC(C)C(N)CCN(C)C(=O)CC(c1ccccc1)C(F)(F)F. The number of halogens is 3. The van der Waals surface area contributed by atoms with Crippen molar-refractivity contribution in [2.45, 2.75) is 44.8 Å². The fourth-order valence-electron chi connectivity index (χ4n) is 2.24. The minimum Gasteiger partial charge on any atom is -0.346 e. The normalized spacial score (nSPS) is 14.6. The van der Waals surface area contributed by atoms with Gasteiger partial charge in [-0.25, -0.2) is 0 Å². The highest BCUT2D eigenvalue weighted by molar-refractivity contribution is 5.77. The summed E-state index contributed by atoms with van der Waals surface area (Å²) < 4.78 is 39.8. The van der Waals surface area contributed by atoms with Crippen LogP contribution in [0.4, 0.5) is 13.2 Å². The zero-order valence-corrected chi connectivity index (χ0v) is 13.8. The van der Waals surface area contributed by atoms with Gasteiger partial charge in [0.1, 0.15) is 0 Å². The first-order valence-corrected chi connectivity index (χ1v) is 7.74. The third-order valence-electron chi connectivity index (χ3n) is 4.06. The molecule has 2 N–H and O–H groups in total. The van der Waals surface area contributed by atoms with Gasteiger partial charge in [0.2, 0.25) is 5.91 Å². The highest BCUT2D eigenvalue weighted by Crippen LogP contribution is 2.37. The molecule has 0 saturated heterocycles. The summed E-state index contributed by atoms with van der Waals surface area (Å²) in [7, 11) is 1.52. The van der Waals surface area contributed by atoms with E-state index in [9.17, 15) is 18.0 Å². The van der Waals surface area contributed by atoms with Crippen LogP contribution in [0.3, 0.4) is 0 Å². The average molecular weight is 330 g/mol. The van der Waals surface area contributed by atoms with E-state index in [2.05, 4.69) is 0 Å². The number of nitrogens with zero attached hydrogens (tertiary/aromatic N) is 1. The van der Waals surface area contributed by atoms with Gasteiger partial charge in [-0.2, -0.15) is 13.2 Å². The van der Waals surface area contributed by atoms with Gasteiger partial charge < -0.3 is 10.6 Å². The molecule has 1 aromatic rings. The molecule has 0 aliphatic carbocycles. The van der Waals surface area contributed by atoms with Gasteiger partial charge in [-0.1, -0.05) is 44.2 Å². The monoisotopic (exact) mass is 330 g/mol. The molecule has 1 rings (SSSR count). The highest BCUT2D eigenvalue weighted by atomic mass is 19.4. The average Bonchev–Trinajstić information content (AvgIpc) is 2.49. The molecule has 0 heterocycles. The molecule has 1 aromatic carbocycles. The second-order valence-electron chi connectivity index (χ2n) is 6.22. The molecule has 0 radical (unpaired) electrons. The number of nitrogens with two attached hydrogens (primary N) is 1. The van der Waals surface area contributed by atoms with E-state index in [1.54, 1.807) is 18.2 Å². The molecule has 0 fully saturated rings. The smallest absolute Gasteiger partial charge is 0.346 e. The van der Waals surface area contributed by atoms with E-state index in [1.807, 2.05) is 13.8 Å². The Morgan fingerprint density at radius 3 is 2.26 bits per heavy atom. The first-order valence-electron chi connectivity index (χ1n) is 7.74. The van der Waals surface area contributed by atoms with Crippen molar-refractivity contribution in [1.29, 1.82) is 0 Å². The van der Waals surface area contributed by atoms with Gasteiger partial charge in [0.15, 0.2) is 0 Å².